The third-order valence-electron chi connectivity index (χ3n) is 4.53. The second kappa shape index (κ2) is 7.99. The molecule has 138 valence electrons. The zero-order chi connectivity index (χ0) is 19.4. The Morgan fingerprint density at radius 1 is 1.04 bits per heavy atom. The van der Waals surface area contributed by atoms with E-state index in [1.165, 1.54) is 11.8 Å². The van der Waals surface area contributed by atoms with Gasteiger partial charge in [0.15, 0.2) is 0 Å². The first kappa shape index (κ1) is 18.6. The summed E-state index contributed by atoms with van der Waals surface area (Å²) in [5, 5.41) is 0. The molecule has 2 aromatic carbocycles. The number of carbonyl (C=O) groups is 3. The van der Waals surface area contributed by atoms with Crippen LogP contribution in [0.4, 0.5) is 5.69 Å². The van der Waals surface area contributed by atoms with Crippen molar-refractivity contribution in [3.8, 4) is 0 Å². The van der Waals surface area contributed by atoms with Crippen molar-refractivity contribution in [2.75, 3.05) is 11.5 Å². The predicted octanol–water partition coefficient (Wildman–Crippen LogP) is 3.50. The van der Waals surface area contributed by atoms with Crippen molar-refractivity contribution in [1.29, 1.82) is 0 Å². The van der Waals surface area contributed by atoms with Gasteiger partial charge in [0.1, 0.15) is 11.7 Å². The number of ether oxygens (including phenoxy) is 1. The average Bonchev–Trinajstić information content (AvgIpc) is 2.68. The molecule has 0 aromatic heterocycles. The van der Waals surface area contributed by atoms with E-state index in [1.54, 1.807) is 37.3 Å². The van der Waals surface area contributed by atoms with E-state index in [-0.39, 0.29) is 18.3 Å². The van der Waals surface area contributed by atoms with Crippen molar-refractivity contribution in [1.82, 2.24) is 0 Å². The first-order chi connectivity index (χ1) is 13.0. The van der Waals surface area contributed by atoms with Crippen molar-refractivity contribution >= 4 is 29.4 Å². The Labute approximate surface area is 158 Å². The zero-order valence-corrected chi connectivity index (χ0v) is 15.3. The van der Waals surface area contributed by atoms with Crippen molar-refractivity contribution in [3.63, 3.8) is 0 Å². The van der Waals surface area contributed by atoms with Gasteiger partial charge in [0.05, 0.1) is 18.3 Å². The van der Waals surface area contributed by atoms with Crippen LogP contribution < -0.4 is 4.90 Å². The number of hydrogen-bond donors (Lipinski definition) is 0. The summed E-state index contributed by atoms with van der Waals surface area (Å²) in [6, 6.07) is 15.5. The Hall–Kier alpha value is -3.21. The van der Waals surface area contributed by atoms with Crippen LogP contribution in [0, 0.1) is 5.92 Å². The molecule has 0 aliphatic carbocycles. The van der Waals surface area contributed by atoms with Crippen LogP contribution in [0.25, 0.3) is 6.08 Å². The van der Waals surface area contributed by atoms with Crippen LogP contribution in [0.1, 0.15) is 29.8 Å². The average molecular weight is 363 g/mol. The maximum Gasteiger partial charge on any atom is 0.318 e. The molecule has 0 N–H and O–H groups in total. The lowest BCUT2D eigenvalue weighted by molar-refractivity contribution is -0.151. The Morgan fingerprint density at radius 3 is 2.37 bits per heavy atom. The molecular weight excluding hydrogens is 342 g/mol. The van der Waals surface area contributed by atoms with Crippen LogP contribution in [-0.4, -0.2) is 30.3 Å². The lowest BCUT2D eigenvalue weighted by Crippen LogP contribution is -2.50. The first-order valence-corrected chi connectivity index (χ1v) is 8.87. The summed E-state index contributed by atoms with van der Waals surface area (Å²) in [7, 11) is 0. The maximum atomic E-state index is 13.3. The molecule has 27 heavy (non-hydrogen) atoms. The highest BCUT2D eigenvalue weighted by atomic mass is 16.5. The summed E-state index contributed by atoms with van der Waals surface area (Å²) in [4.78, 5) is 39.6. The van der Waals surface area contributed by atoms with Gasteiger partial charge in [-0.05, 0) is 37.6 Å². The van der Waals surface area contributed by atoms with Gasteiger partial charge in [0, 0.05) is 5.56 Å². The molecule has 0 unspecified atom stereocenters. The van der Waals surface area contributed by atoms with Gasteiger partial charge in [-0.1, -0.05) is 48.6 Å². The monoisotopic (exact) mass is 363 g/mol. The number of hydrogen-bond acceptors (Lipinski definition) is 4. The van der Waals surface area contributed by atoms with Gasteiger partial charge in [-0.15, -0.1) is 0 Å². The highest BCUT2D eigenvalue weighted by molar-refractivity contribution is 6.10. The van der Waals surface area contributed by atoms with Gasteiger partial charge in [0.2, 0.25) is 0 Å². The Bertz CT molecular complexity index is 888. The van der Waals surface area contributed by atoms with Crippen molar-refractivity contribution in [2.24, 2.45) is 5.92 Å². The molecule has 0 saturated carbocycles. The highest BCUT2D eigenvalue weighted by Gasteiger charge is 2.40. The van der Waals surface area contributed by atoms with Crippen LogP contribution in [0.5, 0.6) is 0 Å². The molecule has 0 radical (unpaired) electrons. The Kier molecular flexibility index (Phi) is 5.50. The number of ketones is 1. The fraction of sp³-hybridized carbons (Fsp3) is 0.227. The highest BCUT2D eigenvalue weighted by Crippen LogP contribution is 2.33. The van der Waals surface area contributed by atoms with E-state index in [0.29, 0.717) is 11.3 Å². The zero-order valence-electron chi connectivity index (χ0n) is 15.3. The SMILES string of the molecule is CCOC(=O)[C@H](C(C)=O)[C@H]1C=Cc2ccccc2N1C(=O)c1ccccc1. The molecule has 0 spiro atoms. The van der Waals surface area contributed by atoms with Gasteiger partial charge in [0.25, 0.3) is 5.91 Å². The molecule has 2 aromatic rings. The lowest BCUT2D eigenvalue weighted by atomic mass is 9.89. The number of nitrogens with zero attached hydrogens (tertiary/aromatic N) is 1. The minimum absolute atomic E-state index is 0.169. The smallest absolute Gasteiger partial charge is 0.318 e. The van der Waals surface area contributed by atoms with Crippen LogP contribution in [-0.2, 0) is 14.3 Å². The van der Waals surface area contributed by atoms with Crippen molar-refractivity contribution in [2.45, 2.75) is 19.9 Å². The third-order valence-corrected chi connectivity index (χ3v) is 4.53. The maximum absolute atomic E-state index is 13.3. The Morgan fingerprint density at radius 2 is 1.70 bits per heavy atom. The number of carbonyl (C=O) groups excluding carboxylic acids is 3. The summed E-state index contributed by atoms with van der Waals surface area (Å²) in [5.74, 6) is -2.31. The number of esters is 1. The molecule has 1 aliphatic rings. The van der Waals surface area contributed by atoms with Gasteiger partial charge in [-0.3, -0.25) is 19.3 Å². The molecule has 0 fully saturated rings. The third kappa shape index (κ3) is 3.67. The summed E-state index contributed by atoms with van der Waals surface area (Å²) < 4.78 is 5.11. The lowest BCUT2D eigenvalue weighted by Gasteiger charge is -2.36. The van der Waals surface area contributed by atoms with Gasteiger partial charge in [-0.25, -0.2) is 0 Å². The molecule has 3 rings (SSSR count). The first-order valence-electron chi connectivity index (χ1n) is 8.87. The van der Waals surface area contributed by atoms with Crippen LogP contribution in [0.3, 0.4) is 0 Å². The molecule has 1 aliphatic heterocycles. The number of rotatable bonds is 5. The van der Waals surface area contributed by atoms with E-state index < -0.39 is 17.9 Å². The molecule has 2 atom stereocenters. The summed E-state index contributed by atoms with van der Waals surface area (Å²) >= 11 is 0. The van der Waals surface area contributed by atoms with Crippen LogP contribution in [0.15, 0.2) is 60.7 Å². The minimum Gasteiger partial charge on any atom is -0.465 e. The van der Waals surface area contributed by atoms with E-state index in [0.717, 1.165) is 5.56 Å². The second-order valence-corrected chi connectivity index (χ2v) is 6.29. The Balaban J connectivity index is 2.10. The van der Waals surface area contributed by atoms with E-state index in [1.807, 2.05) is 36.4 Å². The molecule has 5 nitrogen and oxygen atoms in total. The van der Waals surface area contributed by atoms with E-state index in [4.69, 9.17) is 4.74 Å². The number of Topliss-reactive ketones (excluding diaryl/α,β-unsaturated/α-hetero) is 1. The molecule has 5 heteroatoms. The van der Waals surface area contributed by atoms with Crippen LogP contribution in [0.2, 0.25) is 0 Å². The van der Waals surface area contributed by atoms with Crippen molar-refractivity contribution < 1.29 is 19.1 Å². The summed E-state index contributed by atoms with van der Waals surface area (Å²) in [5.41, 5.74) is 2.00. The van der Waals surface area contributed by atoms with E-state index >= 15 is 0 Å². The fourth-order valence-corrected chi connectivity index (χ4v) is 3.30. The summed E-state index contributed by atoms with van der Waals surface area (Å²) in [6.07, 6.45) is 3.57. The van der Waals surface area contributed by atoms with Crippen molar-refractivity contribution in [3.05, 3.63) is 71.8 Å². The van der Waals surface area contributed by atoms with Crippen LogP contribution >= 0.6 is 0 Å². The van der Waals surface area contributed by atoms with E-state index in [9.17, 15) is 14.4 Å². The predicted molar refractivity (Wildman–Crippen MR) is 103 cm³/mol. The number of para-hydroxylation sites is 1. The quantitative estimate of drug-likeness (QED) is 0.602. The number of anilines is 1. The number of benzene rings is 2. The molecule has 0 bridgehead atoms. The topological polar surface area (TPSA) is 63.7 Å². The standard InChI is InChI=1S/C22H21NO4/c1-3-27-22(26)20(15(2)24)19-14-13-16-9-7-8-12-18(16)23(19)21(25)17-10-5-4-6-11-17/h4-14,19-20H,3H2,1-2H3/t19-,20-/m1/s1. The summed E-state index contributed by atoms with van der Waals surface area (Å²) in [6.45, 7) is 3.21. The minimum atomic E-state index is -1.08. The second-order valence-electron chi connectivity index (χ2n) is 6.29. The van der Waals surface area contributed by atoms with E-state index in [2.05, 4.69) is 0 Å². The van der Waals surface area contributed by atoms with Gasteiger partial charge < -0.3 is 4.74 Å². The molecule has 0 saturated heterocycles. The number of fused-ring (bicyclic) bond motifs is 1. The molecule has 1 amide bonds. The van der Waals surface area contributed by atoms with Gasteiger partial charge in [-0.2, -0.15) is 0 Å². The largest absolute Gasteiger partial charge is 0.465 e. The van der Waals surface area contributed by atoms with Gasteiger partial charge >= 0.3 is 5.97 Å². The molecule has 1 heterocycles. The number of amides is 1. The molecular formula is C22H21NO4. The normalized spacial score (nSPS) is 16.4. The fourth-order valence-electron chi connectivity index (χ4n) is 3.30.